The molecule has 0 spiro atoms. The largest absolute Gasteiger partial charge is 0.463 e. The van der Waals surface area contributed by atoms with Crippen LogP contribution in [0.1, 0.15) is 12.5 Å². The molecule has 0 bridgehead atoms. The normalized spacial score (nSPS) is 10.5. The Bertz CT molecular complexity index is 401. The molecule has 0 N–H and O–H groups in total. The maximum absolute atomic E-state index is 11.1. The Kier molecular flexibility index (Phi) is 4.11. The SMILES string of the molecule is CCOC(=O)/C=C(\C#N)c1ccccc1. The van der Waals surface area contributed by atoms with Crippen LogP contribution in [0, 0.1) is 11.3 Å². The zero-order valence-electron chi connectivity index (χ0n) is 8.43. The maximum atomic E-state index is 11.1. The summed E-state index contributed by atoms with van der Waals surface area (Å²) < 4.78 is 4.73. The third-order valence-corrected chi connectivity index (χ3v) is 1.75. The molecule has 0 aliphatic rings. The molecule has 3 heteroatoms. The molecule has 0 aromatic heterocycles. The Morgan fingerprint density at radius 2 is 2.13 bits per heavy atom. The number of carbonyl (C=O) groups is 1. The summed E-state index contributed by atoms with van der Waals surface area (Å²) in [4.78, 5) is 11.1. The summed E-state index contributed by atoms with van der Waals surface area (Å²) in [6.45, 7) is 2.03. The molecule has 1 aromatic carbocycles. The number of ether oxygens (including phenoxy) is 1. The van der Waals surface area contributed by atoms with Crippen LogP contribution in [0.4, 0.5) is 0 Å². The number of nitriles is 1. The second-order valence-electron chi connectivity index (χ2n) is 2.79. The van der Waals surface area contributed by atoms with E-state index >= 15 is 0 Å². The summed E-state index contributed by atoms with van der Waals surface area (Å²) in [6.07, 6.45) is 1.21. The molecule has 0 radical (unpaired) electrons. The first-order valence-electron chi connectivity index (χ1n) is 4.62. The predicted octanol–water partition coefficient (Wildman–Crippen LogP) is 2.16. The number of carbonyl (C=O) groups excluding carboxylic acids is 1. The molecule has 0 unspecified atom stereocenters. The van der Waals surface area contributed by atoms with E-state index < -0.39 is 5.97 Å². The van der Waals surface area contributed by atoms with Gasteiger partial charge in [0.15, 0.2) is 0 Å². The molecule has 3 nitrogen and oxygen atoms in total. The molecule has 0 aliphatic carbocycles. The molecule has 0 fully saturated rings. The van der Waals surface area contributed by atoms with Crippen molar-refractivity contribution in [3.05, 3.63) is 42.0 Å². The Morgan fingerprint density at radius 3 is 2.67 bits per heavy atom. The molecule has 0 amide bonds. The van der Waals surface area contributed by atoms with E-state index in [9.17, 15) is 4.79 Å². The van der Waals surface area contributed by atoms with E-state index in [1.165, 1.54) is 6.08 Å². The topological polar surface area (TPSA) is 50.1 Å². The Labute approximate surface area is 88.6 Å². The van der Waals surface area contributed by atoms with Crippen LogP contribution < -0.4 is 0 Å². The van der Waals surface area contributed by atoms with Crippen molar-refractivity contribution in [2.75, 3.05) is 6.61 Å². The van der Waals surface area contributed by atoms with E-state index in [0.717, 1.165) is 0 Å². The number of nitrogens with zero attached hydrogens (tertiary/aromatic N) is 1. The molecule has 0 saturated heterocycles. The summed E-state index contributed by atoms with van der Waals surface area (Å²) in [5.74, 6) is -0.488. The van der Waals surface area contributed by atoms with Gasteiger partial charge in [0, 0.05) is 6.08 Å². The Hall–Kier alpha value is -2.08. The molecule has 1 aromatic rings. The lowest BCUT2D eigenvalue weighted by Gasteiger charge is -1.98. The van der Waals surface area contributed by atoms with Crippen molar-refractivity contribution in [1.29, 1.82) is 5.26 Å². The van der Waals surface area contributed by atoms with Gasteiger partial charge in [-0.15, -0.1) is 0 Å². The number of hydrogen-bond acceptors (Lipinski definition) is 3. The Morgan fingerprint density at radius 1 is 1.47 bits per heavy atom. The third kappa shape index (κ3) is 3.28. The molecule has 76 valence electrons. The molecule has 0 aliphatic heterocycles. The van der Waals surface area contributed by atoms with E-state index in [1.807, 2.05) is 24.3 Å². The highest BCUT2D eigenvalue weighted by Gasteiger charge is 2.03. The molecular formula is C12H11NO2. The molecule has 15 heavy (non-hydrogen) atoms. The van der Waals surface area contributed by atoms with Crippen LogP contribution in [0.3, 0.4) is 0 Å². The quantitative estimate of drug-likeness (QED) is 0.427. The molecule has 0 saturated carbocycles. The smallest absolute Gasteiger partial charge is 0.332 e. The van der Waals surface area contributed by atoms with Gasteiger partial charge in [0.05, 0.1) is 12.2 Å². The second-order valence-corrected chi connectivity index (χ2v) is 2.79. The monoisotopic (exact) mass is 201 g/mol. The van der Waals surface area contributed by atoms with Crippen LogP contribution in [-0.2, 0) is 9.53 Å². The van der Waals surface area contributed by atoms with E-state index in [0.29, 0.717) is 17.7 Å². The van der Waals surface area contributed by atoms with Gasteiger partial charge >= 0.3 is 5.97 Å². The lowest BCUT2D eigenvalue weighted by atomic mass is 10.1. The first-order valence-corrected chi connectivity index (χ1v) is 4.62. The average Bonchev–Trinajstić information content (AvgIpc) is 2.27. The van der Waals surface area contributed by atoms with Crippen molar-refractivity contribution in [2.45, 2.75) is 6.92 Å². The van der Waals surface area contributed by atoms with Crippen molar-refractivity contribution >= 4 is 11.5 Å². The highest BCUT2D eigenvalue weighted by molar-refractivity contribution is 5.95. The number of allylic oxidation sites excluding steroid dienone is 1. The summed E-state index contributed by atoms with van der Waals surface area (Å²) in [6, 6.07) is 11.0. The van der Waals surface area contributed by atoms with Crippen LogP contribution in [-0.4, -0.2) is 12.6 Å². The van der Waals surface area contributed by atoms with Gasteiger partial charge in [-0.3, -0.25) is 0 Å². The highest BCUT2D eigenvalue weighted by Crippen LogP contribution is 2.12. The number of hydrogen-bond donors (Lipinski definition) is 0. The highest BCUT2D eigenvalue weighted by atomic mass is 16.5. The van der Waals surface area contributed by atoms with E-state index in [-0.39, 0.29) is 0 Å². The minimum Gasteiger partial charge on any atom is -0.463 e. The fraction of sp³-hybridized carbons (Fsp3) is 0.167. The number of rotatable bonds is 3. The number of benzene rings is 1. The summed E-state index contributed by atoms with van der Waals surface area (Å²) >= 11 is 0. The fourth-order valence-electron chi connectivity index (χ4n) is 1.10. The van der Waals surface area contributed by atoms with E-state index in [4.69, 9.17) is 10.00 Å². The summed E-state index contributed by atoms with van der Waals surface area (Å²) in [5, 5.41) is 8.87. The minimum atomic E-state index is -0.488. The molecule has 1 rings (SSSR count). The zero-order valence-corrected chi connectivity index (χ0v) is 8.43. The minimum absolute atomic E-state index is 0.308. The molecule has 0 atom stereocenters. The van der Waals surface area contributed by atoms with Gasteiger partial charge in [0.25, 0.3) is 0 Å². The summed E-state index contributed by atoms with van der Waals surface area (Å²) in [7, 11) is 0. The Balaban J connectivity index is 2.91. The van der Waals surface area contributed by atoms with Crippen molar-refractivity contribution in [2.24, 2.45) is 0 Å². The van der Waals surface area contributed by atoms with E-state index in [2.05, 4.69) is 0 Å². The van der Waals surface area contributed by atoms with Gasteiger partial charge in [-0.2, -0.15) is 5.26 Å². The molecule has 0 heterocycles. The van der Waals surface area contributed by atoms with Crippen LogP contribution in [0.15, 0.2) is 36.4 Å². The van der Waals surface area contributed by atoms with Crippen molar-refractivity contribution in [1.82, 2.24) is 0 Å². The zero-order chi connectivity index (χ0) is 11.1. The van der Waals surface area contributed by atoms with E-state index in [1.54, 1.807) is 19.1 Å². The van der Waals surface area contributed by atoms with Crippen LogP contribution in [0.25, 0.3) is 5.57 Å². The van der Waals surface area contributed by atoms with Gasteiger partial charge in [-0.05, 0) is 12.5 Å². The standard InChI is InChI=1S/C12H11NO2/c1-2-15-12(14)8-11(9-13)10-6-4-3-5-7-10/h3-8H,2H2,1H3/b11-8+. The summed E-state index contributed by atoms with van der Waals surface area (Å²) in [5.41, 5.74) is 1.03. The lowest BCUT2D eigenvalue weighted by molar-refractivity contribution is -0.137. The van der Waals surface area contributed by atoms with Crippen LogP contribution >= 0.6 is 0 Å². The first kappa shape index (κ1) is 11.0. The number of esters is 1. The van der Waals surface area contributed by atoms with Crippen LogP contribution in [0.5, 0.6) is 0 Å². The third-order valence-electron chi connectivity index (χ3n) is 1.75. The van der Waals surface area contributed by atoms with Gasteiger partial charge in [0.1, 0.15) is 6.07 Å². The van der Waals surface area contributed by atoms with Crippen molar-refractivity contribution in [3.63, 3.8) is 0 Å². The maximum Gasteiger partial charge on any atom is 0.332 e. The van der Waals surface area contributed by atoms with Gasteiger partial charge in [0.2, 0.25) is 0 Å². The average molecular weight is 201 g/mol. The van der Waals surface area contributed by atoms with Gasteiger partial charge in [-0.25, -0.2) is 4.79 Å². The van der Waals surface area contributed by atoms with Crippen molar-refractivity contribution < 1.29 is 9.53 Å². The van der Waals surface area contributed by atoms with Crippen LogP contribution in [0.2, 0.25) is 0 Å². The first-order chi connectivity index (χ1) is 7.27. The fourth-order valence-corrected chi connectivity index (χ4v) is 1.10. The predicted molar refractivity (Wildman–Crippen MR) is 56.7 cm³/mol. The molecular weight excluding hydrogens is 190 g/mol. The van der Waals surface area contributed by atoms with Gasteiger partial charge < -0.3 is 4.74 Å². The van der Waals surface area contributed by atoms with Crippen molar-refractivity contribution in [3.8, 4) is 6.07 Å². The lowest BCUT2D eigenvalue weighted by Crippen LogP contribution is -2.00. The second kappa shape index (κ2) is 5.61. The van der Waals surface area contributed by atoms with Gasteiger partial charge in [-0.1, -0.05) is 30.3 Å².